The molecule has 0 aliphatic carbocycles. The normalized spacial score (nSPS) is 11.0. The van der Waals surface area contributed by atoms with Crippen LogP contribution in [0, 0.1) is 5.82 Å². The molecule has 2 aromatic carbocycles. The van der Waals surface area contributed by atoms with E-state index in [0.717, 1.165) is 22.9 Å². The van der Waals surface area contributed by atoms with Gasteiger partial charge in [-0.2, -0.15) is 16.9 Å². The molecule has 6 heteroatoms. The Hall–Kier alpha value is -2.60. The SMILES string of the molecule is CC(C)c1c(C(=O)NCCSCc2ccccc2)cnn1-c1ccc(F)cc1. The van der Waals surface area contributed by atoms with Crippen molar-refractivity contribution in [3.8, 4) is 5.69 Å². The highest BCUT2D eigenvalue weighted by Crippen LogP contribution is 2.23. The summed E-state index contributed by atoms with van der Waals surface area (Å²) in [6.07, 6.45) is 1.59. The van der Waals surface area contributed by atoms with Crippen LogP contribution >= 0.6 is 11.8 Å². The summed E-state index contributed by atoms with van der Waals surface area (Å²) in [5, 5.41) is 7.35. The van der Waals surface area contributed by atoms with Gasteiger partial charge in [0.2, 0.25) is 0 Å². The molecule has 0 saturated heterocycles. The maximum atomic E-state index is 13.2. The van der Waals surface area contributed by atoms with E-state index in [9.17, 15) is 9.18 Å². The van der Waals surface area contributed by atoms with Crippen molar-refractivity contribution in [1.29, 1.82) is 0 Å². The number of aromatic nitrogens is 2. The topological polar surface area (TPSA) is 46.9 Å². The van der Waals surface area contributed by atoms with Crippen molar-refractivity contribution in [1.82, 2.24) is 15.1 Å². The molecule has 1 heterocycles. The monoisotopic (exact) mass is 397 g/mol. The highest BCUT2D eigenvalue weighted by Gasteiger charge is 2.20. The van der Waals surface area contributed by atoms with E-state index in [2.05, 4.69) is 22.5 Å². The summed E-state index contributed by atoms with van der Waals surface area (Å²) in [4.78, 5) is 12.7. The number of hydrogen-bond acceptors (Lipinski definition) is 3. The number of nitrogens with zero attached hydrogens (tertiary/aromatic N) is 2. The van der Waals surface area contributed by atoms with Crippen molar-refractivity contribution >= 4 is 17.7 Å². The predicted molar refractivity (Wildman–Crippen MR) is 113 cm³/mol. The van der Waals surface area contributed by atoms with Crippen molar-refractivity contribution in [3.05, 3.63) is 83.4 Å². The number of rotatable bonds is 8. The molecule has 3 aromatic rings. The zero-order chi connectivity index (χ0) is 19.9. The minimum absolute atomic E-state index is 0.0979. The van der Waals surface area contributed by atoms with Crippen LogP contribution in [0.5, 0.6) is 0 Å². The first kappa shape index (κ1) is 20.1. The van der Waals surface area contributed by atoms with E-state index < -0.39 is 0 Å². The van der Waals surface area contributed by atoms with Gasteiger partial charge >= 0.3 is 0 Å². The molecule has 4 nitrogen and oxygen atoms in total. The van der Waals surface area contributed by atoms with Gasteiger partial charge in [-0.05, 0) is 35.7 Å². The second kappa shape index (κ2) is 9.55. The highest BCUT2D eigenvalue weighted by molar-refractivity contribution is 7.98. The minimum Gasteiger partial charge on any atom is -0.351 e. The fourth-order valence-corrected chi connectivity index (χ4v) is 3.79. The van der Waals surface area contributed by atoms with E-state index >= 15 is 0 Å². The van der Waals surface area contributed by atoms with Crippen LogP contribution in [-0.4, -0.2) is 28.0 Å². The van der Waals surface area contributed by atoms with Crippen molar-refractivity contribution in [2.24, 2.45) is 0 Å². The molecule has 0 saturated carbocycles. The Kier molecular flexibility index (Phi) is 6.87. The lowest BCUT2D eigenvalue weighted by molar-refractivity contribution is 0.0955. The number of halogens is 1. The van der Waals surface area contributed by atoms with E-state index in [4.69, 9.17) is 0 Å². The lowest BCUT2D eigenvalue weighted by Gasteiger charge is -2.13. The first-order valence-electron chi connectivity index (χ1n) is 9.30. The lowest BCUT2D eigenvalue weighted by atomic mass is 10.1. The van der Waals surface area contributed by atoms with Crippen molar-refractivity contribution < 1.29 is 9.18 Å². The fraction of sp³-hybridized carbons (Fsp3) is 0.273. The maximum absolute atomic E-state index is 13.2. The highest BCUT2D eigenvalue weighted by atomic mass is 32.2. The Balaban J connectivity index is 1.61. The summed E-state index contributed by atoms with van der Waals surface area (Å²) < 4.78 is 14.9. The Labute approximate surface area is 169 Å². The van der Waals surface area contributed by atoms with Gasteiger partial charge < -0.3 is 5.32 Å². The maximum Gasteiger partial charge on any atom is 0.254 e. The second-order valence-electron chi connectivity index (χ2n) is 6.78. The van der Waals surface area contributed by atoms with Gasteiger partial charge in [0.05, 0.1) is 23.1 Å². The predicted octanol–water partition coefficient (Wildman–Crippen LogP) is 4.80. The van der Waals surface area contributed by atoms with Crippen LogP contribution in [0.4, 0.5) is 4.39 Å². The summed E-state index contributed by atoms with van der Waals surface area (Å²) in [6, 6.07) is 16.4. The third kappa shape index (κ3) is 5.01. The van der Waals surface area contributed by atoms with Crippen LogP contribution in [0.1, 0.15) is 41.4 Å². The van der Waals surface area contributed by atoms with Crippen molar-refractivity contribution in [2.45, 2.75) is 25.5 Å². The van der Waals surface area contributed by atoms with Crippen LogP contribution in [0.15, 0.2) is 60.8 Å². The summed E-state index contributed by atoms with van der Waals surface area (Å²) in [7, 11) is 0. The Morgan fingerprint density at radius 1 is 1.14 bits per heavy atom. The van der Waals surface area contributed by atoms with Gasteiger partial charge in [-0.25, -0.2) is 9.07 Å². The molecule has 0 radical (unpaired) electrons. The molecule has 0 unspecified atom stereocenters. The second-order valence-corrected chi connectivity index (χ2v) is 7.89. The lowest BCUT2D eigenvalue weighted by Crippen LogP contribution is -2.26. The van der Waals surface area contributed by atoms with E-state index in [-0.39, 0.29) is 17.6 Å². The van der Waals surface area contributed by atoms with Gasteiger partial charge in [-0.1, -0.05) is 44.2 Å². The van der Waals surface area contributed by atoms with Gasteiger partial charge in [-0.3, -0.25) is 4.79 Å². The first-order chi connectivity index (χ1) is 13.6. The number of benzene rings is 2. The van der Waals surface area contributed by atoms with E-state index in [1.807, 2.05) is 32.0 Å². The molecular weight excluding hydrogens is 373 g/mol. The average Bonchev–Trinajstić information content (AvgIpc) is 3.14. The molecule has 0 bridgehead atoms. The standard InChI is InChI=1S/C22H24FN3OS/c1-16(2)21-20(14-25-26(21)19-10-8-18(23)9-11-19)22(27)24-12-13-28-15-17-6-4-3-5-7-17/h3-11,14,16H,12-13,15H2,1-2H3,(H,24,27). The number of nitrogens with one attached hydrogen (secondary N) is 1. The van der Waals surface area contributed by atoms with Gasteiger partial charge in [0.1, 0.15) is 5.82 Å². The van der Waals surface area contributed by atoms with E-state index in [1.54, 1.807) is 34.8 Å². The van der Waals surface area contributed by atoms with E-state index in [1.165, 1.54) is 17.7 Å². The zero-order valence-corrected chi connectivity index (χ0v) is 16.9. The van der Waals surface area contributed by atoms with Crippen LogP contribution in [-0.2, 0) is 5.75 Å². The van der Waals surface area contributed by atoms with Crippen molar-refractivity contribution in [2.75, 3.05) is 12.3 Å². The quantitative estimate of drug-likeness (QED) is 0.556. The molecule has 0 atom stereocenters. The number of hydrogen-bond donors (Lipinski definition) is 1. The van der Waals surface area contributed by atoms with Crippen LogP contribution < -0.4 is 5.32 Å². The molecule has 1 aromatic heterocycles. The van der Waals surface area contributed by atoms with Gasteiger partial charge in [0.15, 0.2) is 0 Å². The van der Waals surface area contributed by atoms with Crippen molar-refractivity contribution in [3.63, 3.8) is 0 Å². The number of carbonyl (C=O) groups is 1. The summed E-state index contributed by atoms with van der Waals surface area (Å²) in [5.41, 5.74) is 3.40. The smallest absolute Gasteiger partial charge is 0.254 e. The summed E-state index contributed by atoms with van der Waals surface area (Å²) in [6.45, 7) is 4.63. The van der Waals surface area contributed by atoms with E-state index in [0.29, 0.717) is 12.1 Å². The molecule has 3 rings (SSSR count). The minimum atomic E-state index is -0.298. The zero-order valence-electron chi connectivity index (χ0n) is 16.1. The molecule has 1 amide bonds. The largest absolute Gasteiger partial charge is 0.351 e. The molecule has 146 valence electrons. The van der Waals surface area contributed by atoms with Crippen LogP contribution in [0.25, 0.3) is 5.69 Å². The molecular formula is C22H24FN3OS. The first-order valence-corrected chi connectivity index (χ1v) is 10.5. The molecule has 28 heavy (non-hydrogen) atoms. The number of carbonyl (C=O) groups excluding carboxylic acids is 1. The third-order valence-corrected chi connectivity index (χ3v) is 5.34. The number of amides is 1. The molecule has 0 aliphatic rings. The molecule has 0 aliphatic heterocycles. The van der Waals surface area contributed by atoms with Gasteiger partial charge in [0.25, 0.3) is 5.91 Å². The van der Waals surface area contributed by atoms with Gasteiger partial charge in [-0.15, -0.1) is 0 Å². The molecule has 0 spiro atoms. The third-order valence-electron chi connectivity index (χ3n) is 4.31. The van der Waals surface area contributed by atoms with Crippen LogP contribution in [0.2, 0.25) is 0 Å². The Bertz CT molecular complexity index is 907. The van der Waals surface area contributed by atoms with Crippen LogP contribution in [0.3, 0.4) is 0 Å². The molecule has 1 N–H and O–H groups in total. The Morgan fingerprint density at radius 2 is 1.86 bits per heavy atom. The van der Waals surface area contributed by atoms with Gasteiger partial charge in [0, 0.05) is 18.1 Å². The number of thioether (sulfide) groups is 1. The fourth-order valence-electron chi connectivity index (χ4n) is 2.97. The summed E-state index contributed by atoms with van der Waals surface area (Å²) >= 11 is 1.79. The molecule has 0 fully saturated rings. The Morgan fingerprint density at radius 3 is 2.54 bits per heavy atom. The average molecular weight is 398 g/mol. The summed E-state index contributed by atoms with van der Waals surface area (Å²) in [5.74, 6) is 1.44.